The molecular formula is C22H22Cl2N5O8P. The van der Waals surface area contributed by atoms with Gasteiger partial charge in [-0.1, -0.05) is 23.2 Å². The number of phosphoric acid groups is 1. The van der Waals surface area contributed by atoms with Crippen LogP contribution >= 0.6 is 31.0 Å². The SMILES string of the molecule is CC1(C)C[C@@H](c2cc(Cl)cc(Cl)c2)OP(=O)(OC[C@H]2O[C@@H](n3cnc4c(N)ncnc43)[C@@H]3OC(=O)O[C@@H]32)O1. The van der Waals surface area contributed by atoms with Crippen LogP contribution in [0.1, 0.15) is 38.2 Å². The number of imidazole rings is 1. The lowest BCUT2D eigenvalue weighted by molar-refractivity contribution is -0.0879. The highest BCUT2D eigenvalue weighted by Gasteiger charge is 2.56. The van der Waals surface area contributed by atoms with Gasteiger partial charge in [0.25, 0.3) is 0 Å². The fraction of sp³-hybridized carbons (Fsp3) is 0.455. The van der Waals surface area contributed by atoms with Crippen LogP contribution in [0.15, 0.2) is 30.9 Å². The summed E-state index contributed by atoms with van der Waals surface area (Å²) in [5.41, 5.74) is 6.39. The van der Waals surface area contributed by atoms with E-state index in [1.54, 1.807) is 36.6 Å². The molecule has 16 heteroatoms. The van der Waals surface area contributed by atoms with E-state index in [0.717, 1.165) is 0 Å². The number of hydrogen-bond acceptors (Lipinski definition) is 12. The molecule has 38 heavy (non-hydrogen) atoms. The molecule has 6 atom stereocenters. The van der Waals surface area contributed by atoms with Crippen molar-refractivity contribution >= 4 is 54.2 Å². The second-order valence-electron chi connectivity index (χ2n) is 9.66. The summed E-state index contributed by atoms with van der Waals surface area (Å²) in [6.07, 6.45) is -1.89. The zero-order chi connectivity index (χ0) is 26.8. The summed E-state index contributed by atoms with van der Waals surface area (Å²) in [6, 6.07) is 4.95. The molecule has 3 aromatic rings. The van der Waals surface area contributed by atoms with Gasteiger partial charge >= 0.3 is 14.0 Å². The number of halogens is 2. The van der Waals surface area contributed by atoms with Gasteiger partial charge in [0.05, 0.1) is 24.6 Å². The van der Waals surface area contributed by atoms with Gasteiger partial charge in [-0.25, -0.2) is 24.3 Å². The Morgan fingerprint density at radius 3 is 2.66 bits per heavy atom. The standard InChI is InChI=1S/C22H22Cl2N5O8P/c1-22(2)6-13(10-3-11(23)5-12(24)4-10)36-38(31,37-22)32-7-14-16-17(35-21(30)34-16)20(33-14)29-9-28-15-18(25)26-8-27-19(15)29/h3-5,8-9,13-14,16-17,20H,6-7H2,1-2H3,(H2,25,26,27)/t13-,14+,16+,17+,20+,38?/m0/s1. The molecular weight excluding hydrogens is 564 g/mol. The molecule has 0 amide bonds. The number of carbonyl (C=O) groups excluding carboxylic acids is 1. The number of benzene rings is 1. The second kappa shape index (κ2) is 9.30. The smallest absolute Gasteiger partial charge is 0.424 e. The molecule has 3 aliphatic rings. The third kappa shape index (κ3) is 4.73. The molecule has 1 aromatic carbocycles. The molecule has 13 nitrogen and oxygen atoms in total. The molecule has 2 N–H and O–H groups in total. The third-order valence-corrected chi connectivity index (χ3v) is 8.49. The summed E-state index contributed by atoms with van der Waals surface area (Å²) in [5, 5.41) is 0.824. The Hall–Kier alpha value is -2.51. The molecule has 3 saturated heterocycles. The van der Waals surface area contributed by atoms with E-state index in [1.165, 1.54) is 12.7 Å². The third-order valence-electron chi connectivity index (χ3n) is 6.36. The zero-order valence-electron chi connectivity index (χ0n) is 20.0. The first-order chi connectivity index (χ1) is 18.0. The number of rotatable bonds is 5. The molecule has 2 aromatic heterocycles. The minimum atomic E-state index is -4.12. The van der Waals surface area contributed by atoms with Crippen LogP contribution < -0.4 is 5.73 Å². The number of fused-ring (bicyclic) bond motifs is 2. The predicted octanol–water partition coefficient (Wildman–Crippen LogP) is 4.60. The van der Waals surface area contributed by atoms with E-state index < -0.39 is 50.2 Å². The Balaban J connectivity index is 1.23. The number of nitrogen functional groups attached to an aromatic ring is 1. The number of ether oxygens (including phenoxy) is 3. The van der Waals surface area contributed by atoms with E-state index >= 15 is 0 Å². The first-order valence-electron chi connectivity index (χ1n) is 11.6. The maximum atomic E-state index is 13.7. The van der Waals surface area contributed by atoms with Crippen molar-refractivity contribution in [2.75, 3.05) is 12.3 Å². The van der Waals surface area contributed by atoms with E-state index in [9.17, 15) is 9.36 Å². The number of nitrogens with zero attached hydrogens (tertiary/aromatic N) is 4. The summed E-state index contributed by atoms with van der Waals surface area (Å²) >= 11 is 12.3. The number of nitrogens with two attached hydrogens (primary N) is 1. The first kappa shape index (κ1) is 25.8. The van der Waals surface area contributed by atoms with E-state index in [2.05, 4.69) is 15.0 Å². The first-order valence-corrected chi connectivity index (χ1v) is 13.8. The molecule has 3 fully saturated rings. The van der Waals surface area contributed by atoms with Crippen LogP contribution in [-0.4, -0.2) is 56.2 Å². The van der Waals surface area contributed by atoms with Gasteiger partial charge in [-0.3, -0.25) is 18.1 Å². The maximum Gasteiger partial charge on any atom is 0.509 e. The van der Waals surface area contributed by atoms with E-state index in [1.807, 2.05) is 0 Å². The Labute approximate surface area is 226 Å². The van der Waals surface area contributed by atoms with Crippen LogP contribution in [0.2, 0.25) is 10.0 Å². The molecule has 3 aliphatic heterocycles. The number of phosphoric ester groups is 1. The normalized spacial score (nSPS) is 32.2. The highest BCUT2D eigenvalue weighted by atomic mass is 35.5. The zero-order valence-corrected chi connectivity index (χ0v) is 22.4. The van der Waals surface area contributed by atoms with Crippen LogP contribution in [0.3, 0.4) is 0 Å². The second-order valence-corrected chi connectivity index (χ2v) is 12.1. The van der Waals surface area contributed by atoms with Crippen LogP contribution in [0.4, 0.5) is 10.6 Å². The molecule has 1 unspecified atom stereocenters. The van der Waals surface area contributed by atoms with Crippen molar-refractivity contribution in [3.63, 3.8) is 0 Å². The summed E-state index contributed by atoms with van der Waals surface area (Å²) in [4.78, 5) is 24.4. The average molecular weight is 586 g/mol. The fourth-order valence-corrected chi connectivity index (χ4v) is 7.02. The molecule has 202 valence electrons. The molecule has 0 radical (unpaired) electrons. The minimum Gasteiger partial charge on any atom is -0.424 e. The van der Waals surface area contributed by atoms with Gasteiger partial charge in [0.2, 0.25) is 0 Å². The lowest BCUT2D eigenvalue weighted by atomic mass is 9.96. The monoisotopic (exact) mass is 585 g/mol. The van der Waals surface area contributed by atoms with Crippen molar-refractivity contribution in [3.8, 4) is 0 Å². The van der Waals surface area contributed by atoms with Gasteiger partial charge in [-0.15, -0.1) is 0 Å². The van der Waals surface area contributed by atoms with Crippen molar-refractivity contribution in [3.05, 3.63) is 46.5 Å². The molecule has 0 bridgehead atoms. The van der Waals surface area contributed by atoms with Gasteiger partial charge in [-0.05, 0) is 37.6 Å². The van der Waals surface area contributed by atoms with E-state index in [-0.39, 0.29) is 12.4 Å². The predicted molar refractivity (Wildman–Crippen MR) is 132 cm³/mol. The summed E-state index contributed by atoms with van der Waals surface area (Å²) in [7, 11) is -4.12. The van der Waals surface area contributed by atoms with Crippen molar-refractivity contribution in [1.82, 2.24) is 19.5 Å². The van der Waals surface area contributed by atoms with Gasteiger partial charge < -0.3 is 19.9 Å². The molecule has 0 aliphatic carbocycles. The largest absolute Gasteiger partial charge is 0.509 e. The number of carbonyl (C=O) groups is 1. The van der Waals surface area contributed by atoms with Crippen molar-refractivity contribution < 1.29 is 37.1 Å². The van der Waals surface area contributed by atoms with Crippen molar-refractivity contribution in [1.29, 1.82) is 0 Å². The highest BCUT2D eigenvalue weighted by molar-refractivity contribution is 7.48. The molecule has 6 rings (SSSR count). The summed E-state index contributed by atoms with van der Waals surface area (Å²) in [5.74, 6) is 0.186. The van der Waals surface area contributed by atoms with Crippen LogP contribution in [-0.2, 0) is 32.3 Å². The number of hydrogen-bond donors (Lipinski definition) is 1. The highest BCUT2D eigenvalue weighted by Crippen LogP contribution is 2.62. The number of anilines is 1. The Morgan fingerprint density at radius 1 is 1.16 bits per heavy atom. The maximum absolute atomic E-state index is 13.7. The van der Waals surface area contributed by atoms with E-state index in [0.29, 0.717) is 33.2 Å². The molecule has 0 spiro atoms. The summed E-state index contributed by atoms with van der Waals surface area (Å²) in [6.45, 7) is 3.24. The molecule has 0 saturated carbocycles. The van der Waals surface area contributed by atoms with Crippen LogP contribution in [0, 0.1) is 0 Å². The van der Waals surface area contributed by atoms with Gasteiger partial charge in [0.15, 0.2) is 29.9 Å². The topological polar surface area (TPSA) is 159 Å². The summed E-state index contributed by atoms with van der Waals surface area (Å²) < 4.78 is 49.3. The Morgan fingerprint density at radius 2 is 1.89 bits per heavy atom. The van der Waals surface area contributed by atoms with Gasteiger partial charge in [0, 0.05) is 16.5 Å². The van der Waals surface area contributed by atoms with Crippen LogP contribution in [0.5, 0.6) is 0 Å². The van der Waals surface area contributed by atoms with Crippen molar-refractivity contribution in [2.24, 2.45) is 0 Å². The van der Waals surface area contributed by atoms with E-state index in [4.69, 9.17) is 56.7 Å². The average Bonchev–Trinajstić information content (AvgIpc) is 3.50. The van der Waals surface area contributed by atoms with Gasteiger partial charge in [-0.2, -0.15) is 0 Å². The lowest BCUT2D eigenvalue weighted by Gasteiger charge is -2.39. The van der Waals surface area contributed by atoms with Crippen molar-refractivity contribution in [2.45, 2.75) is 56.5 Å². The Bertz CT molecular complexity index is 1450. The fourth-order valence-electron chi connectivity index (χ4n) is 4.80. The number of aromatic nitrogens is 4. The minimum absolute atomic E-state index is 0.186. The molecule has 5 heterocycles. The Kier molecular flexibility index (Phi) is 6.30. The lowest BCUT2D eigenvalue weighted by Crippen LogP contribution is -2.35. The van der Waals surface area contributed by atoms with Crippen LogP contribution in [0.25, 0.3) is 11.2 Å². The van der Waals surface area contributed by atoms with Gasteiger partial charge in [0.1, 0.15) is 17.9 Å². The quantitative estimate of drug-likeness (QED) is 0.328.